The van der Waals surface area contributed by atoms with Crippen LogP contribution in [0.4, 0.5) is 5.69 Å². The van der Waals surface area contributed by atoms with Crippen LogP contribution in [0.5, 0.6) is 0 Å². The van der Waals surface area contributed by atoms with Crippen molar-refractivity contribution in [3.05, 3.63) is 17.2 Å². The molecule has 1 N–H and O–H groups in total. The summed E-state index contributed by atoms with van der Waals surface area (Å²) in [5.41, 5.74) is 2.13. The van der Waals surface area contributed by atoms with E-state index < -0.39 is 0 Å². The summed E-state index contributed by atoms with van der Waals surface area (Å²) in [5.74, 6) is -0.0220. The first-order valence-electron chi connectivity index (χ1n) is 5.39. The largest absolute Gasteiger partial charge is 0.371 e. The fourth-order valence-electron chi connectivity index (χ4n) is 1.63. The number of hydrogen-bond acceptors (Lipinski definition) is 5. The number of rotatable bonds is 3. The first-order valence-corrected chi connectivity index (χ1v) is 6.50. The molecule has 0 aliphatic rings. The van der Waals surface area contributed by atoms with E-state index in [0.29, 0.717) is 16.2 Å². The zero-order valence-corrected chi connectivity index (χ0v) is 11.8. The summed E-state index contributed by atoms with van der Waals surface area (Å²) in [5, 5.41) is 3.64. The minimum absolute atomic E-state index is 0.0220. The molecule has 0 spiro atoms. The number of carbonyl (C=O) groups is 1. The Bertz CT molecular complexity index is 583. The highest BCUT2D eigenvalue weighted by atomic mass is 35.5. The third-order valence-electron chi connectivity index (χ3n) is 2.55. The molecule has 1 aromatic carbocycles. The Labute approximate surface area is 114 Å². The molecule has 1 amide bonds. The average Bonchev–Trinajstić information content (AvgIpc) is 2.79. The molecule has 7 heteroatoms. The van der Waals surface area contributed by atoms with Crippen LogP contribution < -0.4 is 5.32 Å². The number of halogens is 1. The first kappa shape index (κ1) is 13.0. The van der Waals surface area contributed by atoms with Crippen LogP contribution >= 0.6 is 23.3 Å². The number of nitrogens with one attached hydrogen (secondary N) is 1. The number of fused-ring (bicyclic) bond motifs is 1. The van der Waals surface area contributed by atoms with Crippen LogP contribution in [-0.2, 0) is 4.79 Å². The van der Waals surface area contributed by atoms with Gasteiger partial charge < -0.3 is 10.2 Å². The average molecular weight is 285 g/mol. The van der Waals surface area contributed by atoms with E-state index in [1.54, 1.807) is 27.1 Å². The molecule has 0 aliphatic heterocycles. The number of anilines is 1. The third-order valence-corrected chi connectivity index (χ3v) is 3.41. The van der Waals surface area contributed by atoms with Crippen molar-refractivity contribution in [2.45, 2.75) is 13.0 Å². The summed E-state index contributed by atoms with van der Waals surface area (Å²) in [6.07, 6.45) is 0. The predicted molar refractivity (Wildman–Crippen MR) is 74.2 cm³/mol. The van der Waals surface area contributed by atoms with E-state index in [1.807, 2.05) is 6.07 Å². The van der Waals surface area contributed by atoms with Crippen molar-refractivity contribution in [3.8, 4) is 0 Å². The smallest absolute Gasteiger partial charge is 0.244 e. The van der Waals surface area contributed by atoms with Gasteiger partial charge >= 0.3 is 0 Å². The van der Waals surface area contributed by atoms with Crippen LogP contribution in [0.1, 0.15) is 6.92 Å². The Morgan fingerprint density at radius 2 is 2.17 bits per heavy atom. The Hall–Kier alpha value is -1.40. The molecule has 1 aromatic heterocycles. The molecule has 0 radical (unpaired) electrons. The minimum atomic E-state index is -0.371. The number of amides is 1. The van der Waals surface area contributed by atoms with Gasteiger partial charge in [-0.2, -0.15) is 8.75 Å². The standard InChI is InChI=1S/C11H13ClN4OS/c1-6(11(17)16(2)3)13-9-7(12)4-5-8-10(9)15-18-14-8/h4-6,13H,1-3H3. The number of nitrogens with zero attached hydrogens (tertiary/aromatic N) is 3. The van der Waals surface area contributed by atoms with E-state index in [-0.39, 0.29) is 11.9 Å². The van der Waals surface area contributed by atoms with Crippen molar-refractivity contribution in [2.75, 3.05) is 19.4 Å². The summed E-state index contributed by atoms with van der Waals surface area (Å²) in [6.45, 7) is 1.79. The second-order valence-corrected chi connectivity index (χ2v) is 5.09. The molecular weight excluding hydrogens is 272 g/mol. The van der Waals surface area contributed by atoms with Crippen LogP contribution in [0.3, 0.4) is 0 Å². The van der Waals surface area contributed by atoms with Gasteiger partial charge in [0.25, 0.3) is 0 Å². The number of likely N-dealkylation sites (N-methyl/N-ethyl adjacent to an activating group) is 1. The fourth-order valence-corrected chi connectivity index (χ4v) is 2.38. The molecule has 0 bridgehead atoms. The van der Waals surface area contributed by atoms with E-state index in [4.69, 9.17) is 11.6 Å². The monoisotopic (exact) mass is 284 g/mol. The molecule has 1 unspecified atom stereocenters. The van der Waals surface area contributed by atoms with Crippen molar-refractivity contribution < 1.29 is 4.79 Å². The molecule has 0 saturated heterocycles. The molecule has 2 aromatic rings. The first-order chi connectivity index (χ1) is 8.50. The Balaban J connectivity index is 2.34. The van der Waals surface area contributed by atoms with Crippen LogP contribution in [0, 0.1) is 0 Å². The van der Waals surface area contributed by atoms with E-state index >= 15 is 0 Å². The van der Waals surface area contributed by atoms with Crippen LogP contribution in [0.15, 0.2) is 12.1 Å². The van der Waals surface area contributed by atoms with Crippen molar-refractivity contribution in [1.29, 1.82) is 0 Å². The van der Waals surface area contributed by atoms with Gasteiger partial charge in [0.05, 0.1) is 22.4 Å². The second kappa shape index (κ2) is 5.07. The quantitative estimate of drug-likeness (QED) is 0.939. The lowest BCUT2D eigenvalue weighted by atomic mass is 10.2. The van der Waals surface area contributed by atoms with Gasteiger partial charge in [-0.3, -0.25) is 4.79 Å². The lowest BCUT2D eigenvalue weighted by Crippen LogP contribution is -2.36. The van der Waals surface area contributed by atoms with E-state index in [0.717, 1.165) is 17.2 Å². The lowest BCUT2D eigenvalue weighted by molar-refractivity contribution is -0.129. The van der Waals surface area contributed by atoms with Crippen LogP contribution in [-0.4, -0.2) is 39.7 Å². The highest BCUT2D eigenvalue weighted by molar-refractivity contribution is 7.00. The van der Waals surface area contributed by atoms with Gasteiger partial charge in [0.1, 0.15) is 17.1 Å². The molecule has 96 valence electrons. The van der Waals surface area contributed by atoms with Crippen molar-refractivity contribution >= 4 is 46.0 Å². The summed E-state index contributed by atoms with van der Waals surface area (Å²) < 4.78 is 8.34. The Morgan fingerprint density at radius 1 is 1.44 bits per heavy atom. The van der Waals surface area contributed by atoms with Crippen molar-refractivity contribution in [3.63, 3.8) is 0 Å². The Kier molecular flexibility index (Phi) is 3.68. The second-order valence-electron chi connectivity index (χ2n) is 4.15. The zero-order valence-electron chi connectivity index (χ0n) is 10.3. The van der Waals surface area contributed by atoms with Gasteiger partial charge in [-0.1, -0.05) is 11.6 Å². The summed E-state index contributed by atoms with van der Waals surface area (Å²) in [4.78, 5) is 13.4. The maximum absolute atomic E-state index is 11.8. The molecule has 0 saturated carbocycles. The lowest BCUT2D eigenvalue weighted by Gasteiger charge is -2.19. The molecule has 1 heterocycles. The predicted octanol–water partition coefficient (Wildman–Crippen LogP) is 2.23. The van der Waals surface area contributed by atoms with Gasteiger partial charge in [0, 0.05) is 14.1 Å². The summed E-state index contributed by atoms with van der Waals surface area (Å²) in [6, 6.07) is 3.19. The molecule has 0 fully saturated rings. The topological polar surface area (TPSA) is 58.1 Å². The minimum Gasteiger partial charge on any atom is -0.371 e. The van der Waals surface area contributed by atoms with E-state index in [2.05, 4.69) is 14.1 Å². The van der Waals surface area contributed by atoms with E-state index in [1.165, 1.54) is 4.90 Å². The maximum atomic E-state index is 11.8. The normalized spacial score (nSPS) is 12.4. The van der Waals surface area contributed by atoms with Gasteiger partial charge in [0.15, 0.2) is 0 Å². The van der Waals surface area contributed by atoms with Gasteiger partial charge in [0.2, 0.25) is 5.91 Å². The third kappa shape index (κ3) is 2.39. The summed E-state index contributed by atoms with van der Waals surface area (Å²) in [7, 11) is 3.43. The van der Waals surface area contributed by atoms with Crippen LogP contribution in [0.25, 0.3) is 11.0 Å². The number of carbonyl (C=O) groups excluding carboxylic acids is 1. The zero-order chi connectivity index (χ0) is 13.3. The molecule has 2 rings (SSSR count). The highest BCUT2D eigenvalue weighted by Gasteiger charge is 2.18. The number of hydrogen-bond donors (Lipinski definition) is 1. The van der Waals surface area contributed by atoms with Crippen molar-refractivity contribution in [2.24, 2.45) is 0 Å². The highest BCUT2D eigenvalue weighted by Crippen LogP contribution is 2.30. The van der Waals surface area contributed by atoms with E-state index in [9.17, 15) is 4.79 Å². The molecule has 5 nitrogen and oxygen atoms in total. The fraction of sp³-hybridized carbons (Fsp3) is 0.364. The Morgan fingerprint density at radius 3 is 2.83 bits per heavy atom. The molecule has 0 aliphatic carbocycles. The molecular formula is C11H13ClN4OS. The summed E-state index contributed by atoms with van der Waals surface area (Å²) >= 11 is 7.26. The maximum Gasteiger partial charge on any atom is 0.244 e. The van der Waals surface area contributed by atoms with Gasteiger partial charge in [-0.05, 0) is 19.1 Å². The number of aromatic nitrogens is 2. The molecule has 1 atom stereocenters. The molecule has 18 heavy (non-hydrogen) atoms. The SMILES string of the molecule is CC(Nc1c(Cl)ccc2nsnc12)C(=O)N(C)C. The van der Waals surface area contributed by atoms with Crippen LogP contribution in [0.2, 0.25) is 5.02 Å². The van der Waals surface area contributed by atoms with Gasteiger partial charge in [-0.25, -0.2) is 0 Å². The van der Waals surface area contributed by atoms with Crippen molar-refractivity contribution in [1.82, 2.24) is 13.6 Å². The number of benzene rings is 1. The van der Waals surface area contributed by atoms with Gasteiger partial charge in [-0.15, -0.1) is 0 Å².